The van der Waals surface area contributed by atoms with Gasteiger partial charge in [-0.05, 0) is 61.3 Å². The van der Waals surface area contributed by atoms with Crippen LogP contribution in [0.5, 0.6) is 5.75 Å². The normalized spacial score (nSPS) is 15.5. The minimum Gasteiger partial charge on any atom is -0.493 e. The molecule has 0 radical (unpaired) electrons. The second-order valence-electron chi connectivity index (χ2n) is 8.77. The van der Waals surface area contributed by atoms with Gasteiger partial charge in [-0.3, -0.25) is 0 Å². The smallest absolute Gasteiger partial charge is 0.131 e. The Morgan fingerprint density at radius 3 is 2.48 bits per heavy atom. The van der Waals surface area contributed by atoms with E-state index in [2.05, 4.69) is 66.3 Å². The van der Waals surface area contributed by atoms with Gasteiger partial charge in [-0.15, -0.1) is 0 Å². The first kappa shape index (κ1) is 21.6. The van der Waals surface area contributed by atoms with E-state index in [4.69, 9.17) is 9.72 Å². The summed E-state index contributed by atoms with van der Waals surface area (Å²) < 4.78 is 6.13. The van der Waals surface area contributed by atoms with E-state index in [0.29, 0.717) is 5.92 Å². The molecule has 5 nitrogen and oxygen atoms in total. The lowest BCUT2D eigenvalue weighted by Crippen LogP contribution is -2.44. The molecule has 164 valence electrons. The fourth-order valence-electron chi connectivity index (χ4n) is 3.96. The van der Waals surface area contributed by atoms with Crippen molar-refractivity contribution in [3.63, 3.8) is 0 Å². The average molecular weight is 419 g/mol. The molecule has 5 heteroatoms. The molecule has 1 aliphatic heterocycles. The number of pyridine rings is 1. The van der Waals surface area contributed by atoms with Crippen molar-refractivity contribution in [1.82, 2.24) is 14.8 Å². The number of benzene rings is 2. The second kappa shape index (κ2) is 10.1. The zero-order chi connectivity index (χ0) is 21.6. The molecule has 2 aromatic carbocycles. The summed E-state index contributed by atoms with van der Waals surface area (Å²) in [5.41, 5.74) is 3.33. The Balaban J connectivity index is 1.35. The zero-order valence-electron chi connectivity index (χ0n) is 19.0. The van der Waals surface area contributed by atoms with Crippen molar-refractivity contribution >= 4 is 22.4 Å². The molecule has 3 aromatic rings. The minimum absolute atomic E-state index is 0.535. The van der Waals surface area contributed by atoms with Crippen LogP contribution in [0.15, 0.2) is 54.6 Å². The molecule has 0 amide bonds. The summed E-state index contributed by atoms with van der Waals surface area (Å²) in [5, 5.41) is 4.47. The number of nitrogens with zero attached hydrogens (tertiary/aromatic N) is 3. The lowest BCUT2D eigenvalue weighted by molar-refractivity contribution is 0.145. The van der Waals surface area contributed by atoms with Crippen molar-refractivity contribution in [3.8, 4) is 5.75 Å². The average Bonchev–Trinajstić information content (AvgIpc) is 2.78. The zero-order valence-corrected chi connectivity index (χ0v) is 19.0. The summed E-state index contributed by atoms with van der Waals surface area (Å²) in [6, 6.07) is 18.8. The number of hydrogen-bond donors (Lipinski definition) is 1. The molecule has 31 heavy (non-hydrogen) atoms. The number of hydrogen-bond acceptors (Lipinski definition) is 5. The predicted molar refractivity (Wildman–Crippen MR) is 130 cm³/mol. The van der Waals surface area contributed by atoms with Gasteiger partial charge < -0.3 is 19.9 Å². The number of aromatic nitrogens is 1. The maximum atomic E-state index is 6.13. The quantitative estimate of drug-likeness (QED) is 0.514. The van der Waals surface area contributed by atoms with Gasteiger partial charge in [-0.25, -0.2) is 4.98 Å². The summed E-state index contributed by atoms with van der Waals surface area (Å²) in [5.74, 6) is 2.29. The lowest BCUT2D eigenvalue weighted by atomic mass is 10.0. The van der Waals surface area contributed by atoms with Crippen LogP contribution in [0.4, 0.5) is 11.5 Å². The van der Waals surface area contributed by atoms with Gasteiger partial charge in [-0.2, -0.15) is 0 Å². The Hall–Kier alpha value is -2.63. The predicted octanol–water partition coefficient (Wildman–Crippen LogP) is 5.12. The van der Waals surface area contributed by atoms with E-state index in [1.165, 1.54) is 5.56 Å². The molecule has 4 rings (SSSR count). The Morgan fingerprint density at radius 2 is 1.74 bits per heavy atom. The van der Waals surface area contributed by atoms with Crippen molar-refractivity contribution in [2.75, 3.05) is 51.7 Å². The van der Waals surface area contributed by atoms with E-state index in [9.17, 15) is 0 Å². The van der Waals surface area contributed by atoms with Crippen molar-refractivity contribution in [2.45, 2.75) is 26.2 Å². The van der Waals surface area contributed by atoms with Crippen LogP contribution in [0.1, 0.15) is 31.7 Å². The Labute approximate surface area is 186 Å². The monoisotopic (exact) mass is 418 g/mol. The molecule has 0 saturated carbocycles. The minimum atomic E-state index is 0.535. The van der Waals surface area contributed by atoms with E-state index >= 15 is 0 Å². The van der Waals surface area contributed by atoms with Gasteiger partial charge in [0, 0.05) is 43.8 Å². The molecule has 0 atom stereocenters. The van der Waals surface area contributed by atoms with Crippen LogP contribution in [0, 0.1) is 0 Å². The Kier molecular flexibility index (Phi) is 7.05. The van der Waals surface area contributed by atoms with Crippen molar-refractivity contribution in [1.29, 1.82) is 0 Å². The SMILES string of the molecule is CC(C)c1ccc(Nc2ccc3c(OCCCN4CCN(C)CC4)cccc3n2)cc1. The van der Waals surface area contributed by atoms with E-state index in [0.717, 1.165) is 73.9 Å². The highest BCUT2D eigenvalue weighted by Gasteiger charge is 2.13. The first-order valence-electron chi connectivity index (χ1n) is 11.4. The van der Waals surface area contributed by atoms with Crippen LogP contribution in [0.2, 0.25) is 0 Å². The van der Waals surface area contributed by atoms with Crippen LogP contribution < -0.4 is 10.1 Å². The highest BCUT2D eigenvalue weighted by Crippen LogP contribution is 2.27. The molecule has 2 heterocycles. The molecule has 1 fully saturated rings. The van der Waals surface area contributed by atoms with Gasteiger partial charge in [0.2, 0.25) is 0 Å². The van der Waals surface area contributed by atoms with Crippen molar-refractivity contribution < 1.29 is 4.74 Å². The summed E-state index contributed by atoms with van der Waals surface area (Å²) in [6.45, 7) is 10.9. The number of fused-ring (bicyclic) bond motifs is 1. The fourth-order valence-corrected chi connectivity index (χ4v) is 3.96. The van der Waals surface area contributed by atoms with Gasteiger partial charge in [-0.1, -0.05) is 32.0 Å². The topological polar surface area (TPSA) is 40.6 Å². The molecule has 0 bridgehead atoms. The molecular formula is C26H34N4O. The third-order valence-electron chi connectivity index (χ3n) is 6.01. The van der Waals surface area contributed by atoms with Crippen LogP contribution in [-0.2, 0) is 0 Å². The number of likely N-dealkylation sites (N-methyl/N-ethyl adjacent to an activating group) is 1. The standard InChI is InChI=1S/C26H34N4O/c1-20(2)21-8-10-22(11-9-21)27-26-13-12-23-24(28-26)6-4-7-25(23)31-19-5-14-30-17-15-29(3)16-18-30/h4,6-13,20H,5,14-19H2,1-3H3,(H,27,28). The number of nitrogens with one attached hydrogen (secondary N) is 1. The van der Waals surface area contributed by atoms with Gasteiger partial charge in [0.05, 0.1) is 12.1 Å². The Bertz CT molecular complexity index is 978. The van der Waals surface area contributed by atoms with Crippen LogP contribution >= 0.6 is 0 Å². The highest BCUT2D eigenvalue weighted by atomic mass is 16.5. The second-order valence-corrected chi connectivity index (χ2v) is 8.77. The summed E-state index contributed by atoms with van der Waals surface area (Å²) >= 11 is 0. The third-order valence-corrected chi connectivity index (χ3v) is 6.01. The molecular weight excluding hydrogens is 384 g/mol. The molecule has 1 aromatic heterocycles. The van der Waals surface area contributed by atoms with E-state index < -0.39 is 0 Å². The van der Waals surface area contributed by atoms with Gasteiger partial charge in [0.1, 0.15) is 11.6 Å². The molecule has 1 aliphatic rings. The Morgan fingerprint density at radius 1 is 0.968 bits per heavy atom. The van der Waals surface area contributed by atoms with E-state index in [1.54, 1.807) is 0 Å². The number of ether oxygens (including phenoxy) is 1. The first-order chi connectivity index (χ1) is 15.1. The summed E-state index contributed by atoms with van der Waals surface area (Å²) in [7, 11) is 2.19. The molecule has 1 N–H and O–H groups in total. The largest absolute Gasteiger partial charge is 0.493 e. The highest BCUT2D eigenvalue weighted by molar-refractivity contribution is 5.86. The van der Waals surface area contributed by atoms with Gasteiger partial charge in [0.25, 0.3) is 0 Å². The maximum absolute atomic E-state index is 6.13. The summed E-state index contributed by atoms with van der Waals surface area (Å²) in [4.78, 5) is 9.71. The molecule has 0 unspecified atom stereocenters. The molecule has 0 aliphatic carbocycles. The third kappa shape index (κ3) is 5.75. The van der Waals surface area contributed by atoms with Crippen molar-refractivity contribution in [2.24, 2.45) is 0 Å². The van der Waals surface area contributed by atoms with E-state index in [-0.39, 0.29) is 0 Å². The van der Waals surface area contributed by atoms with Crippen LogP contribution in [0.25, 0.3) is 10.9 Å². The van der Waals surface area contributed by atoms with Crippen LogP contribution in [0.3, 0.4) is 0 Å². The lowest BCUT2D eigenvalue weighted by Gasteiger charge is -2.32. The molecule has 0 spiro atoms. The molecule has 1 saturated heterocycles. The number of anilines is 2. The summed E-state index contributed by atoms with van der Waals surface area (Å²) in [6.07, 6.45) is 1.04. The van der Waals surface area contributed by atoms with E-state index in [1.807, 2.05) is 24.3 Å². The van der Waals surface area contributed by atoms with Gasteiger partial charge >= 0.3 is 0 Å². The maximum Gasteiger partial charge on any atom is 0.131 e. The number of rotatable bonds is 8. The number of piperazine rings is 1. The fraction of sp³-hybridized carbons (Fsp3) is 0.423. The van der Waals surface area contributed by atoms with Gasteiger partial charge in [0.15, 0.2) is 0 Å². The van der Waals surface area contributed by atoms with Crippen LogP contribution in [-0.4, -0.2) is 61.2 Å². The van der Waals surface area contributed by atoms with Crippen molar-refractivity contribution in [3.05, 3.63) is 60.2 Å². The first-order valence-corrected chi connectivity index (χ1v) is 11.4.